The van der Waals surface area contributed by atoms with Crippen molar-refractivity contribution < 1.29 is 4.74 Å². The molecule has 0 atom stereocenters. The molecule has 1 aliphatic heterocycles. The molecule has 18 heavy (non-hydrogen) atoms. The Bertz CT molecular complexity index is 248. The van der Waals surface area contributed by atoms with E-state index < -0.39 is 0 Å². The highest BCUT2D eigenvalue weighted by atomic mass is 16.5. The van der Waals surface area contributed by atoms with E-state index in [0.717, 1.165) is 19.1 Å². The van der Waals surface area contributed by atoms with Gasteiger partial charge in [0.05, 0.1) is 6.10 Å². The second-order valence-corrected chi connectivity index (χ2v) is 6.81. The summed E-state index contributed by atoms with van der Waals surface area (Å²) in [6, 6.07) is 0.800. The van der Waals surface area contributed by atoms with E-state index in [9.17, 15) is 0 Å². The van der Waals surface area contributed by atoms with E-state index >= 15 is 0 Å². The molecule has 0 unspecified atom stereocenters. The molecule has 0 spiro atoms. The molecule has 1 heterocycles. The summed E-state index contributed by atoms with van der Waals surface area (Å²) < 4.78 is 5.79. The highest BCUT2D eigenvalue weighted by Gasteiger charge is 2.36. The summed E-state index contributed by atoms with van der Waals surface area (Å²) in [5.41, 5.74) is 0.332. The Balaban J connectivity index is 1.66. The van der Waals surface area contributed by atoms with Crippen molar-refractivity contribution in [3.05, 3.63) is 0 Å². The summed E-state index contributed by atoms with van der Waals surface area (Å²) in [6.45, 7) is 15.0. The van der Waals surface area contributed by atoms with E-state index in [1.165, 1.54) is 39.0 Å². The molecule has 106 valence electrons. The second-order valence-electron chi connectivity index (χ2n) is 6.81. The molecule has 1 saturated heterocycles. The van der Waals surface area contributed by atoms with Crippen molar-refractivity contribution in [2.45, 2.75) is 64.6 Å². The molecule has 1 aliphatic carbocycles. The lowest BCUT2D eigenvalue weighted by molar-refractivity contribution is -0.0657. The van der Waals surface area contributed by atoms with Crippen LogP contribution in [0, 0.1) is 0 Å². The number of ether oxygens (including phenoxy) is 1. The van der Waals surface area contributed by atoms with Gasteiger partial charge in [0.25, 0.3) is 0 Å². The molecule has 2 aliphatic rings. The minimum absolute atomic E-state index is 0.332. The van der Waals surface area contributed by atoms with Gasteiger partial charge in [-0.2, -0.15) is 0 Å². The molecule has 0 amide bonds. The van der Waals surface area contributed by atoms with Crippen LogP contribution in [0.3, 0.4) is 0 Å². The van der Waals surface area contributed by atoms with E-state index in [2.05, 4.69) is 37.5 Å². The summed E-state index contributed by atoms with van der Waals surface area (Å²) in [5.74, 6) is 0. The maximum atomic E-state index is 5.79. The van der Waals surface area contributed by atoms with Gasteiger partial charge in [-0.25, -0.2) is 0 Å². The van der Waals surface area contributed by atoms with Crippen LogP contribution in [-0.2, 0) is 4.74 Å². The van der Waals surface area contributed by atoms with Crippen LogP contribution in [0.4, 0.5) is 0 Å². The second kappa shape index (κ2) is 5.89. The molecule has 0 aromatic heterocycles. The third-order valence-corrected chi connectivity index (χ3v) is 4.41. The van der Waals surface area contributed by atoms with Crippen LogP contribution >= 0.6 is 0 Å². The lowest BCUT2D eigenvalue weighted by Crippen LogP contribution is -2.58. The molecule has 1 saturated carbocycles. The van der Waals surface area contributed by atoms with Crippen LogP contribution in [0.25, 0.3) is 0 Å². The molecular formula is C15H30N2O. The van der Waals surface area contributed by atoms with Crippen molar-refractivity contribution in [2.24, 2.45) is 0 Å². The Morgan fingerprint density at radius 2 is 1.67 bits per heavy atom. The molecule has 2 rings (SSSR count). The Morgan fingerprint density at radius 1 is 1.06 bits per heavy atom. The van der Waals surface area contributed by atoms with Gasteiger partial charge in [-0.3, -0.25) is 9.80 Å². The Labute approximate surface area is 112 Å². The normalized spacial score (nSPS) is 31.3. The fourth-order valence-corrected chi connectivity index (χ4v) is 3.01. The minimum Gasteiger partial charge on any atom is -0.378 e. The molecule has 2 fully saturated rings. The number of nitrogens with zero attached hydrogens (tertiary/aromatic N) is 2. The maximum Gasteiger partial charge on any atom is 0.0605 e. The van der Waals surface area contributed by atoms with Gasteiger partial charge in [0.1, 0.15) is 0 Å². The number of rotatable bonds is 4. The monoisotopic (exact) mass is 254 g/mol. The van der Waals surface area contributed by atoms with Gasteiger partial charge in [-0.05, 0) is 40.0 Å². The smallest absolute Gasteiger partial charge is 0.0605 e. The summed E-state index contributed by atoms with van der Waals surface area (Å²) in [5, 5.41) is 0. The van der Waals surface area contributed by atoms with E-state index in [-0.39, 0.29) is 0 Å². The van der Waals surface area contributed by atoms with Crippen LogP contribution < -0.4 is 0 Å². The zero-order valence-electron chi connectivity index (χ0n) is 12.6. The van der Waals surface area contributed by atoms with Crippen molar-refractivity contribution in [1.82, 2.24) is 9.80 Å². The van der Waals surface area contributed by atoms with Crippen molar-refractivity contribution in [1.29, 1.82) is 0 Å². The van der Waals surface area contributed by atoms with Gasteiger partial charge in [0.2, 0.25) is 0 Å². The lowest BCUT2D eigenvalue weighted by Gasteiger charge is -2.48. The fourth-order valence-electron chi connectivity index (χ4n) is 3.01. The first-order valence-electron chi connectivity index (χ1n) is 7.61. The van der Waals surface area contributed by atoms with Gasteiger partial charge in [-0.1, -0.05) is 6.92 Å². The molecular weight excluding hydrogens is 224 g/mol. The first kappa shape index (κ1) is 14.3. The zero-order chi connectivity index (χ0) is 13.2. The summed E-state index contributed by atoms with van der Waals surface area (Å²) >= 11 is 0. The van der Waals surface area contributed by atoms with Gasteiger partial charge in [0.15, 0.2) is 0 Å². The zero-order valence-corrected chi connectivity index (χ0v) is 12.6. The van der Waals surface area contributed by atoms with Crippen molar-refractivity contribution in [2.75, 3.05) is 32.8 Å². The van der Waals surface area contributed by atoms with Crippen molar-refractivity contribution >= 4 is 0 Å². The third kappa shape index (κ3) is 3.46. The third-order valence-electron chi connectivity index (χ3n) is 4.41. The molecule has 0 bridgehead atoms. The quantitative estimate of drug-likeness (QED) is 0.766. The van der Waals surface area contributed by atoms with Crippen LogP contribution in [0.5, 0.6) is 0 Å². The highest BCUT2D eigenvalue weighted by Crippen LogP contribution is 2.30. The maximum absolute atomic E-state index is 5.79. The van der Waals surface area contributed by atoms with Crippen LogP contribution in [0.2, 0.25) is 0 Å². The fraction of sp³-hybridized carbons (Fsp3) is 1.00. The number of piperazine rings is 1. The van der Waals surface area contributed by atoms with E-state index in [4.69, 9.17) is 4.74 Å². The molecule has 3 nitrogen and oxygen atoms in total. The Hall–Kier alpha value is -0.120. The molecule has 0 aromatic rings. The van der Waals surface area contributed by atoms with Gasteiger partial charge in [0, 0.05) is 44.4 Å². The first-order valence-corrected chi connectivity index (χ1v) is 7.61. The van der Waals surface area contributed by atoms with E-state index in [0.29, 0.717) is 11.6 Å². The topological polar surface area (TPSA) is 15.7 Å². The molecule has 0 N–H and O–H groups in total. The number of hydrogen-bond acceptors (Lipinski definition) is 3. The highest BCUT2D eigenvalue weighted by molar-refractivity contribution is 4.91. The van der Waals surface area contributed by atoms with Gasteiger partial charge < -0.3 is 4.74 Å². The van der Waals surface area contributed by atoms with Gasteiger partial charge >= 0.3 is 0 Å². The van der Waals surface area contributed by atoms with Crippen LogP contribution in [0.15, 0.2) is 0 Å². The number of hydrogen-bond donors (Lipinski definition) is 0. The summed E-state index contributed by atoms with van der Waals surface area (Å²) in [4.78, 5) is 5.28. The lowest BCUT2D eigenvalue weighted by atomic mass is 9.87. The van der Waals surface area contributed by atoms with Crippen LogP contribution in [0.1, 0.15) is 47.0 Å². The average Bonchev–Trinajstić information content (AvgIpc) is 2.26. The predicted octanol–water partition coefficient (Wildman–Crippen LogP) is 2.36. The Kier molecular flexibility index (Phi) is 4.68. The Morgan fingerprint density at radius 3 is 2.17 bits per heavy atom. The first-order chi connectivity index (χ1) is 8.50. The predicted molar refractivity (Wildman–Crippen MR) is 76.0 cm³/mol. The molecule has 3 heteroatoms. The minimum atomic E-state index is 0.332. The molecule has 0 aromatic carbocycles. The van der Waals surface area contributed by atoms with Gasteiger partial charge in [-0.15, -0.1) is 0 Å². The SMILES string of the molecule is CCCO[C@H]1C[C@@H](N2CCN(C(C)(C)C)CC2)C1. The largest absolute Gasteiger partial charge is 0.378 e. The van der Waals surface area contributed by atoms with Crippen molar-refractivity contribution in [3.63, 3.8) is 0 Å². The van der Waals surface area contributed by atoms with E-state index in [1.54, 1.807) is 0 Å². The molecule has 0 radical (unpaired) electrons. The summed E-state index contributed by atoms with van der Waals surface area (Å²) in [6.07, 6.45) is 4.21. The average molecular weight is 254 g/mol. The standard InChI is InChI=1S/C15H30N2O/c1-5-10-18-14-11-13(12-14)16-6-8-17(9-7-16)15(2,3)4/h13-14H,5-12H2,1-4H3/t13-,14+. The summed E-state index contributed by atoms with van der Waals surface area (Å²) in [7, 11) is 0. The van der Waals surface area contributed by atoms with Crippen molar-refractivity contribution in [3.8, 4) is 0 Å². The van der Waals surface area contributed by atoms with Crippen LogP contribution in [-0.4, -0.2) is 60.3 Å². The van der Waals surface area contributed by atoms with E-state index in [1.807, 2.05) is 0 Å².